The number of carbonyl (C=O) groups is 2. The number of hydrogen-bond acceptors (Lipinski definition) is 3. The van der Waals surface area contributed by atoms with E-state index in [0.29, 0.717) is 12.5 Å². The van der Waals surface area contributed by atoms with Crippen LogP contribution in [0.25, 0.3) is 0 Å². The Hall–Kier alpha value is -1.43. The fourth-order valence-corrected chi connectivity index (χ4v) is 2.96. The summed E-state index contributed by atoms with van der Waals surface area (Å²) < 4.78 is 0.871. The van der Waals surface area contributed by atoms with Crippen LogP contribution in [-0.2, 0) is 16.1 Å². The van der Waals surface area contributed by atoms with E-state index in [1.54, 1.807) is 24.2 Å². The van der Waals surface area contributed by atoms with Gasteiger partial charge >= 0.3 is 0 Å². The molecule has 1 saturated heterocycles. The molecule has 20 heavy (non-hydrogen) atoms. The third-order valence-electron chi connectivity index (χ3n) is 3.90. The molecule has 2 atom stereocenters. The number of nitrogens with one attached hydrogen (secondary N) is 1. The van der Waals surface area contributed by atoms with Gasteiger partial charge in [0.15, 0.2) is 0 Å². The molecule has 2 unspecified atom stereocenters. The van der Waals surface area contributed by atoms with Gasteiger partial charge in [-0.2, -0.15) is 0 Å². The third-order valence-corrected chi connectivity index (χ3v) is 4.34. The first-order chi connectivity index (χ1) is 9.56. The van der Waals surface area contributed by atoms with Crippen molar-refractivity contribution in [1.29, 1.82) is 0 Å². The highest BCUT2D eigenvalue weighted by atomic mass is 79.9. The van der Waals surface area contributed by atoms with E-state index in [1.165, 1.54) is 0 Å². The highest BCUT2D eigenvalue weighted by Gasteiger charge is 2.45. The zero-order valence-electron chi connectivity index (χ0n) is 11.2. The molecule has 0 bridgehead atoms. The van der Waals surface area contributed by atoms with Crippen LogP contribution in [0.2, 0.25) is 0 Å². The summed E-state index contributed by atoms with van der Waals surface area (Å²) in [5.74, 6) is 0.283. The molecule has 5 nitrogen and oxygen atoms in total. The van der Waals surface area contributed by atoms with Crippen LogP contribution in [0.4, 0.5) is 0 Å². The Balaban J connectivity index is 1.81. The van der Waals surface area contributed by atoms with Crippen LogP contribution in [0, 0.1) is 5.92 Å². The Kier molecular flexibility index (Phi) is 3.50. The topological polar surface area (TPSA) is 62.3 Å². The van der Waals surface area contributed by atoms with Gasteiger partial charge in [0.25, 0.3) is 0 Å². The van der Waals surface area contributed by atoms with E-state index in [4.69, 9.17) is 0 Å². The minimum Gasteiger partial charge on any atom is -0.342 e. The van der Waals surface area contributed by atoms with Gasteiger partial charge in [-0.1, -0.05) is 0 Å². The zero-order valence-corrected chi connectivity index (χ0v) is 12.8. The molecule has 1 aromatic rings. The molecule has 2 fully saturated rings. The molecule has 2 heterocycles. The van der Waals surface area contributed by atoms with Crippen molar-refractivity contribution < 1.29 is 9.59 Å². The minimum absolute atomic E-state index is 0.0274. The van der Waals surface area contributed by atoms with Gasteiger partial charge in [0.1, 0.15) is 12.1 Å². The summed E-state index contributed by atoms with van der Waals surface area (Å²) in [6.45, 7) is 2.19. The first-order valence-corrected chi connectivity index (χ1v) is 7.56. The molecule has 6 heteroatoms. The summed E-state index contributed by atoms with van der Waals surface area (Å²) in [7, 11) is 0. The van der Waals surface area contributed by atoms with E-state index in [2.05, 4.69) is 26.2 Å². The fourth-order valence-electron chi connectivity index (χ4n) is 2.55. The summed E-state index contributed by atoms with van der Waals surface area (Å²) in [5, 5.41) is 2.85. The predicted molar refractivity (Wildman–Crippen MR) is 76.6 cm³/mol. The highest BCUT2D eigenvalue weighted by molar-refractivity contribution is 9.10. The Labute approximate surface area is 125 Å². The molecule has 1 aliphatic carbocycles. The standard InChI is InChI=1S/C14H16BrN3O2/c1-8-13(19)17-12(10-2-3-10)14(20)18(8)7-9-4-11(15)6-16-5-9/h4-6,8,10,12H,2-3,7H2,1H3,(H,17,19). The average Bonchev–Trinajstić information content (AvgIpc) is 3.23. The molecule has 1 saturated carbocycles. The van der Waals surface area contributed by atoms with Crippen molar-refractivity contribution in [3.8, 4) is 0 Å². The Morgan fingerprint density at radius 1 is 1.40 bits per heavy atom. The van der Waals surface area contributed by atoms with Crippen molar-refractivity contribution in [3.63, 3.8) is 0 Å². The van der Waals surface area contributed by atoms with Crippen molar-refractivity contribution in [2.24, 2.45) is 5.92 Å². The number of pyridine rings is 1. The lowest BCUT2D eigenvalue weighted by Gasteiger charge is -2.37. The van der Waals surface area contributed by atoms with Crippen LogP contribution in [0.3, 0.4) is 0 Å². The Morgan fingerprint density at radius 2 is 2.15 bits per heavy atom. The molecule has 2 amide bonds. The summed E-state index contributed by atoms with van der Waals surface area (Å²) >= 11 is 3.37. The van der Waals surface area contributed by atoms with Crippen LogP contribution in [0.1, 0.15) is 25.3 Å². The van der Waals surface area contributed by atoms with Gasteiger partial charge in [-0.15, -0.1) is 0 Å². The number of amides is 2. The van der Waals surface area contributed by atoms with Crippen LogP contribution in [0.15, 0.2) is 22.9 Å². The average molecular weight is 338 g/mol. The number of nitrogens with zero attached hydrogens (tertiary/aromatic N) is 2. The number of halogens is 1. The minimum atomic E-state index is -0.434. The van der Waals surface area contributed by atoms with Crippen LogP contribution < -0.4 is 5.32 Å². The van der Waals surface area contributed by atoms with E-state index >= 15 is 0 Å². The number of carbonyl (C=O) groups excluding carboxylic acids is 2. The van der Waals surface area contributed by atoms with Gasteiger partial charge in [-0.25, -0.2) is 0 Å². The van der Waals surface area contributed by atoms with Crippen molar-refractivity contribution >= 4 is 27.7 Å². The molecule has 0 radical (unpaired) electrons. The van der Waals surface area contributed by atoms with Crippen LogP contribution >= 0.6 is 15.9 Å². The van der Waals surface area contributed by atoms with Crippen molar-refractivity contribution in [3.05, 3.63) is 28.5 Å². The molecule has 1 N–H and O–H groups in total. The van der Waals surface area contributed by atoms with Crippen LogP contribution in [0.5, 0.6) is 0 Å². The first-order valence-electron chi connectivity index (χ1n) is 6.76. The third kappa shape index (κ3) is 2.57. The maximum absolute atomic E-state index is 12.5. The SMILES string of the molecule is CC1C(=O)NC(C2CC2)C(=O)N1Cc1cncc(Br)c1. The zero-order chi connectivity index (χ0) is 14.3. The van der Waals surface area contributed by atoms with E-state index in [1.807, 2.05) is 6.07 Å². The summed E-state index contributed by atoms with van der Waals surface area (Å²) in [6, 6.07) is 1.15. The van der Waals surface area contributed by atoms with E-state index in [0.717, 1.165) is 22.9 Å². The second kappa shape index (κ2) is 5.16. The lowest BCUT2D eigenvalue weighted by atomic mass is 10.0. The molecular formula is C14H16BrN3O2. The van der Waals surface area contributed by atoms with Gasteiger partial charge < -0.3 is 10.2 Å². The van der Waals surface area contributed by atoms with Crippen LogP contribution in [-0.4, -0.2) is 33.8 Å². The lowest BCUT2D eigenvalue weighted by molar-refractivity contribution is -0.149. The quantitative estimate of drug-likeness (QED) is 0.908. The van der Waals surface area contributed by atoms with E-state index in [-0.39, 0.29) is 17.9 Å². The highest BCUT2D eigenvalue weighted by Crippen LogP contribution is 2.35. The number of rotatable bonds is 3. The molecule has 1 aromatic heterocycles. The monoisotopic (exact) mass is 337 g/mol. The number of aromatic nitrogens is 1. The van der Waals surface area contributed by atoms with Crippen molar-refractivity contribution in [2.45, 2.75) is 38.4 Å². The largest absolute Gasteiger partial charge is 0.342 e. The maximum atomic E-state index is 12.5. The molecule has 106 valence electrons. The smallest absolute Gasteiger partial charge is 0.246 e. The van der Waals surface area contributed by atoms with Gasteiger partial charge in [0.05, 0.1) is 0 Å². The second-order valence-corrected chi connectivity index (χ2v) is 6.39. The van der Waals surface area contributed by atoms with E-state index < -0.39 is 6.04 Å². The fraction of sp³-hybridized carbons (Fsp3) is 0.500. The molecule has 1 aliphatic heterocycles. The lowest BCUT2D eigenvalue weighted by Crippen LogP contribution is -2.62. The second-order valence-electron chi connectivity index (χ2n) is 5.48. The number of piperazine rings is 1. The Morgan fingerprint density at radius 3 is 2.80 bits per heavy atom. The predicted octanol–water partition coefficient (Wildman–Crippen LogP) is 1.47. The van der Waals surface area contributed by atoms with Crippen molar-refractivity contribution in [2.75, 3.05) is 0 Å². The summed E-state index contributed by atoms with van der Waals surface area (Å²) in [4.78, 5) is 30.3. The molecule has 2 aliphatic rings. The molecule has 0 aromatic carbocycles. The molecule has 0 spiro atoms. The molecule has 3 rings (SSSR count). The van der Waals surface area contributed by atoms with E-state index in [9.17, 15) is 9.59 Å². The number of hydrogen-bond donors (Lipinski definition) is 1. The Bertz CT molecular complexity index is 559. The summed E-state index contributed by atoms with van der Waals surface area (Å²) in [6.07, 6.45) is 5.47. The van der Waals surface area contributed by atoms with Crippen molar-refractivity contribution in [1.82, 2.24) is 15.2 Å². The first kappa shape index (κ1) is 13.5. The summed E-state index contributed by atoms with van der Waals surface area (Å²) in [5.41, 5.74) is 0.920. The van der Waals surface area contributed by atoms with Gasteiger partial charge in [0, 0.05) is 23.4 Å². The maximum Gasteiger partial charge on any atom is 0.246 e. The van der Waals surface area contributed by atoms with Gasteiger partial charge in [0.2, 0.25) is 11.8 Å². The van der Waals surface area contributed by atoms with Gasteiger partial charge in [-0.05, 0) is 53.2 Å². The normalized spacial score (nSPS) is 26.6. The molecular weight excluding hydrogens is 322 g/mol. The van der Waals surface area contributed by atoms with Gasteiger partial charge in [-0.3, -0.25) is 14.6 Å².